The quantitative estimate of drug-likeness (QED) is 0.794. The van der Waals surface area contributed by atoms with E-state index in [2.05, 4.69) is 0 Å². The molecule has 0 N–H and O–H groups in total. The fourth-order valence-corrected chi connectivity index (χ4v) is 2.57. The molecule has 1 aliphatic heterocycles. The lowest BCUT2D eigenvalue weighted by Gasteiger charge is -2.34. The molecule has 1 aromatic carbocycles. The summed E-state index contributed by atoms with van der Waals surface area (Å²) in [5.41, 5.74) is 1.02. The van der Waals surface area contributed by atoms with E-state index in [1.54, 1.807) is 6.08 Å². The Bertz CT molecular complexity index is 541. The first-order valence-corrected chi connectivity index (χ1v) is 7.55. The first-order chi connectivity index (χ1) is 10.2. The van der Waals surface area contributed by atoms with Crippen molar-refractivity contribution in [1.82, 2.24) is 9.80 Å². The minimum absolute atomic E-state index is 0.0253. The van der Waals surface area contributed by atoms with Crippen LogP contribution in [0.15, 0.2) is 36.4 Å². The molecule has 4 nitrogen and oxygen atoms in total. The number of amides is 2. The SMILES string of the molecule is O=C(C=Cc1ccccc1)N1CCN(C(=O)C2CC2)CC1. The minimum atomic E-state index is 0.0253. The smallest absolute Gasteiger partial charge is 0.246 e. The summed E-state index contributed by atoms with van der Waals surface area (Å²) in [7, 11) is 0. The molecule has 2 amide bonds. The van der Waals surface area contributed by atoms with Crippen LogP contribution in [0.2, 0.25) is 0 Å². The van der Waals surface area contributed by atoms with Crippen molar-refractivity contribution >= 4 is 17.9 Å². The van der Waals surface area contributed by atoms with Gasteiger partial charge in [-0.2, -0.15) is 0 Å². The van der Waals surface area contributed by atoms with Gasteiger partial charge in [-0.05, 0) is 24.5 Å². The molecule has 1 aliphatic carbocycles. The van der Waals surface area contributed by atoms with E-state index in [-0.39, 0.29) is 17.7 Å². The molecule has 0 bridgehead atoms. The Morgan fingerprint density at radius 1 is 0.952 bits per heavy atom. The summed E-state index contributed by atoms with van der Waals surface area (Å²) in [5, 5.41) is 0. The van der Waals surface area contributed by atoms with Gasteiger partial charge >= 0.3 is 0 Å². The van der Waals surface area contributed by atoms with Crippen LogP contribution in [0.1, 0.15) is 18.4 Å². The van der Waals surface area contributed by atoms with Crippen LogP contribution in [0.4, 0.5) is 0 Å². The Hall–Kier alpha value is -2.10. The Morgan fingerprint density at radius 2 is 1.57 bits per heavy atom. The van der Waals surface area contributed by atoms with Gasteiger partial charge in [-0.15, -0.1) is 0 Å². The summed E-state index contributed by atoms with van der Waals surface area (Å²) in [6, 6.07) is 9.79. The van der Waals surface area contributed by atoms with E-state index >= 15 is 0 Å². The molecule has 2 aliphatic rings. The zero-order valence-corrected chi connectivity index (χ0v) is 12.1. The summed E-state index contributed by atoms with van der Waals surface area (Å²) in [6.07, 6.45) is 5.54. The fraction of sp³-hybridized carbons (Fsp3) is 0.412. The molecule has 1 saturated heterocycles. The number of carbonyl (C=O) groups excluding carboxylic acids is 2. The third kappa shape index (κ3) is 3.51. The lowest BCUT2D eigenvalue weighted by Crippen LogP contribution is -2.50. The van der Waals surface area contributed by atoms with Gasteiger partial charge in [0.15, 0.2) is 0 Å². The normalized spacial score (nSPS) is 19.0. The number of rotatable bonds is 3. The highest BCUT2D eigenvalue weighted by molar-refractivity contribution is 5.92. The molecular weight excluding hydrogens is 264 g/mol. The van der Waals surface area contributed by atoms with Crippen LogP contribution in [0.25, 0.3) is 6.08 Å². The van der Waals surface area contributed by atoms with Gasteiger partial charge in [0, 0.05) is 38.2 Å². The van der Waals surface area contributed by atoms with Crippen LogP contribution >= 0.6 is 0 Å². The third-order valence-electron chi connectivity index (χ3n) is 4.05. The molecule has 0 aromatic heterocycles. The monoisotopic (exact) mass is 284 g/mol. The van der Waals surface area contributed by atoms with Crippen LogP contribution in [-0.4, -0.2) is 47.8 Å². The summed E-state index contributed by atoms with van der Waals surface area (Å²) in [6.45, 7) is 2.60. The Balaban J connectivity index is 1.50. The van der Waals surface area contributed by atoms with Crippen molar-refractivity contribution in [1.29, 1.82) is 0 Å². The first-order valence-electron chi connectivity index (χ1n) is 7.55. The van der Waals surface area contributed by atoms with E-state index < -0.39 is 0 Å². The van der Waals surface area contributed by atoms with Crippen LogP contribution in [0.5, 0.6) is 0 Å². The maximum atomic E-state index is 12.1. The zero-order chi connectivity index (χ0) is 14.7. The summed E-state index contributed by atoms with van der Waals surface area (Å²) >= 11 is 0. The molecule has 0 atom stereocenters. The van der Waals surface area contributed by atoms with E-state index in [9.17, 15) is 9.59 Å². The van der Waals surface area contributed by atoms with Crippen LogP contribution in [0, 0.1) is 5.92 Å². The van der Waals surface area contributed by atoms with Gasteiger partial charge in [-0.3, -0.25) is 9.59 Å². The predicted octanol–water partition coefficient (Wildman–Crippen LogP) is 1.78. The van der Waals surface area contributed by atoms with Crippen LogP contribution < -0.4 is 0 Å². The average molecular weight is 284 g/mol. The molecule has 4 heteroatoms. The predicted molar refractivity (Wildman–Crippen MR) is 81.4 cm³/mol. The lowest BCUT2D eigenvalue weighted by molar-refractivity contribution is -0.138. The number of hydrogen-bond acceptors (Lipinski definition) is 2. The summed E-state index contributed by atoms with van der Waals surface area (Å²) < 4.78 is 0. The second kappa shape index (κ2) is 6.12. The molecule has 0 unspecified atom stereocenters. The molecule has 3 rings (SSSR count). The van der Waals surface area contributed by atoms with Crippen molar-refractivity contribution in [2.45, 2.75) is 12.8 Å². The van der Waals surface area contributed by atoms with Crippen molar-refractivity contribution in [3.05, 3.63) is 42.0 Å². The van der Waals surface area contributed by atoms with Crippen molar-refractivity contribution in [3.63, 3.8) is 0 Å². The van der Waals surface area contributed by atoms with Crippen molar-refractivity contribution in [3.8, 4) is 0 Å². The Labute approximate surface area is 125 Å². The average Bonchev–Trinajstić information content (AvgIpc) is 3.38. The number of carbonyl (C=O) groups is 2. The van der Waals surface area contributed by atoms with Gasteiger partial charge < -0.3 is 9.80 Å². The van der Waals surface area contributed by atoms with Gasteiger partial charge in [0.25, 0.3) is 0 Å². The van der Waals surface area contributed by atoms with Crippen LogP contribution in [-0.2, 0) is 9.59 Å². The third-order valence-corrected chi connectivity index (χ3v) is 4.05. The molecule has 21 heavy (non-hydrogen) atoms. The second-order valence-corrected chi connectivity index (χ2v) is 5.67. The number of nitrogens with zero attached hydrogens (tertiary/aromatic N) is 2. The minimum Gasteiger partial charge on any atom is -0.339 e. The van der Waals surface area contributed by atoms with Gasteiger partial charge in [-0.1, -0.05) is 30.3 Å². The molecule has 1 saturated carbocycles. The maximum Gasteiger partial charge on any atom is 0.246 e. The first kappa shape index (κ1) is 13.9. The van der Waals surface area contributed by atoms with E-state index in [0.29, 0.717) is 26.2 Å². The van der Waals surface area contributed by atoms with E-state index in [0.717, 1.165) is 18.4 Å². The molecular formula is C17H20N2O2. The van der Waals surface area contributed by atoms with E-state index in [1.165, 1.54) is 0 Å². The van der Waals surface area contributed by atoms with Crippen molar-refractivity contribution < 1.29 is 9.59 Å². The summed E-state index contributed by atoms with van der Waals surface area (Å²) in [5.74, 6) is 0.574. The van der Waals surface area contributed by atoms with Gasteiger partial charge in [0.1, 0.15) is 0 Å². The summed E-state index contributed by atoms with van der Waals surface area (Å²) in [4.78, 5) is 27.8. The Morgan fingerprint density at radius 3 is 2.19 bits per heavy atom. The number of benzene rings is 1. The molecule has 1 aromatic rings. The van der Waals surface area contributed by atoms with E-state index in [4.69, 9.17) is 0 Å². The lowest BCUT2D eigenvalue weighted by atomic mass is 10.2. The fourth-order valence-electron chi connectivity index (χ4n) is 2.57. The van der Waals surface area contributed by atoms with Gasteiger partial charge in [-0.25, -0.2) is 0 Å². The largest absolute Gasteiger partial charge is 0.339 e. The molecule has 0 radical (unpaired) electrons. The molecule has 2 fully saturated rings. The number of piperazine rings is 1. The van der Waals surface area contributed by atoms with Crippen LogP contribution in [0.3, 0.4) is 0 Å². The van der Waals surface area contributed by atoms with E-state index in [1.807, 2.05) is 46.2 Å². The molecule has 0 spiro atoms. The maximum absolute atomic E-state index is 12.1. The highest BCUT2D eigenvalue weighted by Crippen LogP contribution is 2.31. The van der Waals surface area contributed by atoms with Gasteiger partial charge in [0.2, 0.25) is 11.8 Å². The highest BCUT2D eigenvalue weighted by atomic mass is 16.2. The zero-order valence-electron chi connectivity index (χ0n) is 12.1. The standard InChI is InChI=1S/C17H20N2O2/c20-16(9-6-14-4-2-1-3-5-14)18-10-12-19(13-11-18)17(21)15-7-8-15/h1-6,9,15H,7-8,10-13H2. The second-order valence-electron chi connectivity index (χ2n) is 5.67. The topological polar surface area (TPSA) is 40.6 Å². The molecule has 1 heterocycles. The van der Waals surface area contributed by atoms with Crippen molar-refractivity contribution in [2.75, 3.05) is 26.2 Å². The highest BCUT2D eigenvalue weighted by Gasteiger charge is 2.34. The number of hydrogen-bond donors (Lipinski definition) is 0. The van der Waals surface area contributed by atoms with Gasteiger partial charge in [0.05, 0.1) is 0 Å². The van der Waals surface area contributed by atoms with Crippen molar-refractivity contribution in [2.24, 2.45) is 5.92 Å². The molecule has 110 valence electrons. The Kier molecular flexibility index (Phi) is 4.04.